The van der Waals surface area contributed by atoms with Gasteiger partial charge in [0, 0.05) is 5.30 Å². The number of unbranched alkanes of at least 4 members (excludes halogenated alkanes) is 1. The van der Waals surface area contributed by atoms with Crippen LogP contribution in [0.25, 0.3) is 0 Å². The summed E-state index contributed by atoms with van der Waals surface area (Å²) in [7, 11) is 0. The number of halogens is 4. The van der Waals surface area contributed by atoms with Crippen LogP contribution in [0.3, 0.4) is 0 Å². The summed E-state index contributed by atoms with van der Waals surface area (Å²) < 4.78 is 22.7. The molecule has 0 fully saturated rings. The maximum Gasteiger partial charge on any atom is 0.219 e. The number of rotatable bonds is 7. The van der Waals surface area contributed by atoms with Crippen molar-refractivity contribution in [1.29, 1.82) is 0 Å². The van der Waals surface area contributed by atoms with Crippen LogP contribution in [0.2, 0.25) is 0 Å². The highest BCUT2D eigenvalue weighted by Gasteiger charge is 2.28. The van der Waals surface area contributed by atoms with Crippen molar-refractivity contribution < 1.29 is 13.4 Å². The van der Waals surface area contributed by atoms with Gasteiger partial charge < -0.3 is 9.05 Å². The van der Waals surface area contributed by atoms with Gasteiger partial charge in [-0.25, -0.2) is 4.39 Å². The van der Waals surface area contributed by atoms with E-state index < -0.39 is 10.3 Å². The normalized spacial score (nSPS) is 15.1. The van der Waals surface area contributed by atoms with Crippen LogP contribution in [0.5, 0.6) is 0 Å². The molecule has 0 bridgehead atoms. The van der Waals surface area contributed by atoms with Gasteiger partial charge in [0.2, 0.25) is 10.3 Å². The molecule has 0 heterocycles. The van der Waals surface area contributed by atoms with Gasteiger partial charge in [-0.05, 0) is 42.5 Å². The molecule has 20 heavy (non-hydrogen) atoms. The zero-order valence-electron chi connectivity index (χ0n) is 10.8. The molecule has 1 atom stereocenters. The number of hydrogen-bond donors (Lipinski definition) is 0. The second-order valence-electron chi connectivity index (χ2n) is 4.05. The lowest BCUT2D eigenvalue weighted by atomic mass is 10.4. The van der Waals surface area contributed by atoms with Gasteiger partial charge in [0.25, 0.3) is 0 Å². The molecule has 1 rings (SSSR count). The summed E-state index contributed by atoms with van der Waals surface area (Å²) in [6.07, 6.45) is 1.81. The summed E-state index contributed by atoms with van der Waals surface area (Å²) in [4.78, 5) is 0. The third-order valence-corrected chi connectivity index (χ3v) is 5.81. The smallest absolute Gasteiger partial charge is 0.219 e. The van der Waals surface area contributed by atoms with Crippen molar-refractivity contribution in [2.45, 2.75) is 23.6 Å². The van der Waals surface area contributed by atoms with E-state index in [9.17, 15) is 4.39 Å². The largest absolute Gasteiger partial charge is 0.326 e. The first-order chi connectivity index (χ1) is 9.27. The Labute approximate surface area is 138 Å². The fourth-order valence-electron chi connectivity index (χ4n) is 1.30. The predicted molar refractivity (Wildman–Crippen MR) is 87.4 cm³/mol. The van der Waals surface area contributed by atoms with Gasteiger partial charge >= 0.3 is 0 Å². The predicted octanol–water partition coefficient (Wildman–Crippen LogP) is 4.96. The number of benzene rings is 1. The van der Waals surface area contributed by atoms with Crippen LogP contribution in [-0.4, -0.2) is 17.0 Å². The van der Waals surface area contributed by atoms with Crippen LogP contribution >= 0.6 is 41.3 Å². The fraction of sp³-hybridized carbons (Fsp3) is 0.500. The summed E-state index contributed by atoms with van der Waals surface area (Å²) in [6, 6.07) is 5.69. The van der Waals surface area contributed by atoms with E-state index in [1.165, 1.54) is 12.1 Å². The van der Waals surface area contributed by atoms with Crippen LogP contribution in [0, 0.1) is 5.82 Å². The maximum absolute atomic E-state index is 13.0. The molecule has 0 radical (unpaired) electrons. The molecule has 0 saturated carbocycles. The lowest BCUT2D eigenvalue weighted by Gasteiger charge is -2.24. The number of hydrogen-bond acceptors (Lipinski definition) is 3. The Kier molecular flexibility index (Phi) is 7.72. The Morgan fingerprint density at radius 2 is 1.80 bits per heavy atom. The molecular formula is C12H15Cl3FO2PS. The van der Waals surface area contributed by atoms with Gasteiger partial charge in [-0.3, -0.25) is 0 Å². The van der Waals surface area contributed by atoms with Crippen LogP contribution < -0.4 is 5.30 Å². The van der Waals surface area contributed by atoms with Crippen molar-refractivity contribution in [3.63, 3.8) is 0 Å². The van der Waals surface area contributed by atoms with E-state index >= 15 is 0 Å². The highest BCUT2D eigenvalue weighted by Crippen LogP contribution is 2.49. The average Bonchev–Trinajstić information content (AvgIpc) is 2.37. The van der Waals surface area contributed by atoms with Crippen molar-refractivity contribution in [3.05, 3.63) is 30.1 Å². The monoisotopic (exact) mass is 378 g/mol. The van der Waals surface area contributed by atoms with Gasteiger partial charge in [0.05, 0.1) is 6.61 Å². The van der Waals surface area contributed by atoms with Crippen LogP contribution in [0.15, 0.2) is 24.3 Å². The first-order valence-electron chi connectivity index (χ1n) is 5.99. The van der Waals surface area contributed by atoms with E-state index in [1.807, 2.05) is 6.92 Å². The summed E-state index contributed by atoms with van der Waals surface area (Å²) in [5.41, 5.74) is 0. The summed E-state index contributed by atoms with van der Waals surface area (Å²) in [5.74, 6) is -0.356. The van der Waals surface area contributed by atoms with Gasteiger partial charge in [0.1, 0.15) is 12.4 Å². The molecular weight excluding hydrogens is 365 g/mol. The molecule has 0 aliphatic heterocycles. The fourth-order valence-corrected chi connectivity index (χ4v) is 4.06. The van der Waals surface area contributed by atoms with Gasteiger partial charge in [0.15, 0.2) is 0 Å². The van der Waals surface area contributed by atoms with Gasteiger partial charge in [-0.2, -0.15) is 0 Å². The highest BCUT2D eigenvalue weighted by molar-refractivity contribution is 8.13. The minimum Gasteiger partial charge on any atom is -0.326 e. The molecule has 0 N–H and O–H groups in total. The second kappa shape index (κ2) is 8.28. The summed E-state index contributed by atoms with van der Waals surface area (Å²) in [5, 5.41) is 0.597. The lowest BCUT2D eigenvalue weighted by molar-refractivity contribution is 0.254. The minimum atomic E-state index is -2.80. The zero-order valence-corrected chi connectivity index (χ0v) is 14.8. The van der Waals surface area contributed by atoms with Crippen molar-refractivity contribution in [2.75, 3.05) is 13.2 Å². The molecule has 0 aliphatic carbocycles. The topological polar surface area (TPSA) is 18.5 Å². The Hall–Kier alpha value is 0.590. The minimum absolute atomic E-state index is 0.182. The summed E-state index contributed by atoms with van der Waals surface area (Å²) >= 11 is 22.5. The molecule has 2 nitrogen and oxygen atoms in total. The van der Waals surface area contributed by atoms with Crippen LogP contribution in [0.1, 0.15) is 19.8 Å². The van der Waals surface area contributed by atoms with Gasteiger partial charge in [-0.15, -0.1) is 0 Å². The molecule has 0 saturated heterocycles. The maximum atomic E-state index is 13.0. The van der Waals surface area contributed by atoms with Crippen LogP contribution in [0.4, 0.5) is 4.39 Å². The quantitative estimate of drug-likeness (QED) is 0.379. The molecule has 0 amide bonds. The molecule has 114 valence electrons. The molecule has 1 unspecified atom stereocenters. The zero-order chi connectivity index (χ0) is 15.2. The molecule has 8 heteroatoms. The highest BCUT2D eigenvalue weighted by atomic mass is 35.6. The Balaban J connectivity index is 2.88. The van der Waals surface area contributed by atoms with Crippen LogP contribution in [-0.2, 0) is 20.9 Å². The van der Waals surface area contributed by atoms with E-state index in [1.54, 1.807) is 12.1 Å². The van der Waals surface area contributed by atoms with Crippen molar-refractivity contribution in [2.24, 2.45) is 0 Å². The Bertz CT molecular complexity index is 465. The first kappa shape index (κ1) is 18.6. The summed E-state index contributed by atoms with van der Waals surface area (Å²) in [6.45, 7) is -0.502. The molecule has 0 aromatic heterocycles. The molecule has 1 aromatic rings. The average molecular weight is 380 g/mol. The third kappa shape index (κ3) is 6.57. The van der Waals surface area contributed by atoms with E-state index in [2.05, 4.69) is 0 Å². The first-order valence-corrected chi connectivity index (χ1v) is 9.76. The molecule has 0 spiro atoms. The van der Waals surface area contributed by atoms with Gasteiger partial charge in [-0.1, -0.05) is 48.1 Å². The Morgan fingerprint density at radius 1 is 1.20 bits per heavy atom. The third-order valence-electron chi connectivity index (χ3n) is 2.30. The van der Waals surface area contributed by atoms with E-state index in [0.29, 0.717) is 11.9 Å². The molecule has 1 aromatic carbocycles. The Morgan fingerprint density at radius 3 is 2.30 bits per heavy atom. The van der Waals surface area contributed by atoms with E-state index in [0.717, 1.165) is 12.8 Å². The van der Waals surface area contributed by atoms with Crippen molar-refractivity contribution >= 4 is 58.4 Å². The number of alkyl halides is 3. The van der Waals surface area contributed by atoms with Crippen molar-refractivity contribution in [1.82, 2.24) is 0 Å². The molecule has 0 aliphatic rings. The van der Waals surface area contributed by atoms with E-state index in [-0.39, 0.29) is 12.4 Å². The standard InChI is InChI=1S/C12H15Cl3FO2PS/c1-2-3-8-17-19(20,18-9-12(13,14)15)11-6-4-10(16)5-7-11/h4-7H,2-3,8-9H2,1H3. The second-order valence-corrected chi connectivity index (χ2v) is 10.0. The lowest BCUT2D eigenvalue weighted by Crippen LogP contribution is -2.17. The SMILES string of the molecule is CCCCOP(=S)(OCC(Cl)(Cl)Cl)c1ccc(F)cc1. The van der Waals surface area contributed by atoms with Crippen molar-refractivity contribution in [3.8, 4) is 0 Å². The van der Waals surface area contributed by atoms with E-state index in [4.69, 9.17) is 55.7 Å².